The predicted octanol–water partition coefficient (Wildman–Crippen LogP) is 3.68. The maximum Gasteiger partial charge on any atom is 0.303 e. The Hall–Kier alpha value is -1.65. The molecule has 3 nitrogen and oxygen atoms in total. The molecule has 0 atom stereocenters. The monoisotopic (exact) mass is 272 g/mol. The highest BCUT2D eigenvalue weighted by Crippen LogP contribution is 2.41. The Kier molecular flexibility index (Phi) is 4.50. The summed E-state index contributed by atoms with van der Waals surface area (Å²) in [4.78, 5) is 10.7. The average molecular weight is 272 g/mol. The molecular formula is C14H18F2O3. The normalized spacial score (nSPS) is 12.3. The Morgan fingerprint density at radius 2 is 1.79 bits per heavy atom. The highest BCUT2D eigenvalue weighted by atomic mass is 19.3. The Labute approximate surface area is 111 Å². The van der Waals surface area contributed by atoms with Crippen LogP contribution in [-0.2, 0) is 10.7 Å². The van der Waals surface area contributed by atoms with Crippen molar-refractivity contribution in [2.24, 2.45) is 5.41 Å². The first-order chi connectivity index (χ1) is 8.66. The van der Waals surface area contributed by atoms with Crippen molar-refractivity contribution in [2.45, 2.75) is 32.6 Å². The van der Waals surface area contributed by atoms with Crippen molar-refractivity contribution in [1.29, 1.82) is 0 Å². The van der Waals surface area contributed by atoms with Crippen LogP contribution < -0.4 is 4.74 Å². The van der Waals surface area contributed by atoms with E-state index >= 15 is 0 Å². The van der Waals surface area contributed by atoms with Gasteiger partial charge in [-0.3, -0.25) is 4.79 Å². The molecule has 0 amide bonds. The van der Waals surface area contributed by atoms with Gasteiger partial charge in [0.15, 0.2) is 0 Å². The number of methoxy groups -OCH3 is 1. The number of halogens is 2. The maximum atomic E-state index is 14.1. The molecule has 5 heteroatoms. The van der Waals surface area contributed by atoms with Crippen LogP contribution in [0.1, 0.15) is 32.3 Å². The average Bonchev–Trinajstić information content (AvgIpc) is 2.25. The van der Waals surface area contributed by atoms with Gasteiger partial charge < -0.3 is 9.84 Å². The van der Waals surface area contributed by atoms with Gasteiger partial charge in [-0.15, -0.1) is 0 Å². The molecule has 0 unspecified atom stereocenters. The van der Waals surface area contributed by atoms with Crippen molar-refractivity contribution in [1.82, 2.24) is 0 Å². The van der Waals surface area contributed by atoms with E-state index in [0.717, 1.165) is 0 Å². The topological polar surface area (TPSA) is 46.5 Å². The molecule has 0 bridgehead atoms. The zero-order chi connectivity index (χ0) is 14.7. The second-order valence-electron chi connectivity index (χ2n) is 5.34. The number of benzene rings is 1. The first-order valence-corrected chi connectivity index (χ1v) is 5.90. The molecule has 1 rings (SSSR count). The highest BCUT2D eigenvalue weighted by molar-refractivity contribution is 5.67. The van der Waals surface area contributed by atoms with E-state index in [1.807, 2.05) is 0 Å². The Bertz CT molecular complexity index is 439. The van der Waals surface area contributed by atoms with E-state index in [0.29, 0.717) is 5.75 Å². The summed E-state index contributed by atoms with van der Waals surface area (Å²) in [5.74, 6) is -3.63. The lowest BCUT2D eigenvalue weighted by Crippen LogP contribution is -2.26. The molecule has 1 aromatic carbocycles. The lowest BCUT2D eigenvalue weighted by Gasteiger charge is -2.28. The molecule has 19 heavy (non-hydrogen) atoms. The second-order valence-corrected chi connectivity index (χ2v) is 5.34. The Morgan fingerprint density at radius 1 is 1.26 bits per heavy atom. The number of rotatable bonds is 6. The molecular weight excluding hydrogens is 254 g/mol. The molecule has 0 aliphatic rings. The second kappa shape index (κ2) is 5.55. The van der Waals surface area contributed by atoms with E-state index in [-0.39, 0.29) is 12.0 Å². The van der Waals surface area contributed by atoms with Crippen molar-refractivity contribution in [3.63, 3.8) is 0 Å². The number of hydrogen-bond donors (Lipinski definition) is 1. The summed E-state index contributed by atoms with van der Waals surface area (Å²) in [6, 6.07) is 5.53. The van der Waals surface area contributed by atoms with Crippen molar-refractivity contribution in [2.75, 3.05) is 7.11 Å². The predicted molar refractivity (Wildman–Crippen MR) is 67.5 cm³/mol. The molecule has 0 aliphatic carbocycles. The van der Waals surface area contributed by atoms with Crippen LogP contribution in [0.15, 0.2) is 24.3 Å². The van der Waals surface area contributed by atoms with Crippen LogP contribution in [-0.4, -0.2) is 18.2 Å². The highest BCUT2D eigenvalue weighted by Gasteiger charge is 2.39. The SMILES string of the molecule is COc1ccc(C(F)(F)CC(C)(C)CC(=O)O)cc1. The van der Waals surface area contributed by atoms with Gasteiger partial charge in [0.25, 0.3) is 5.92 Å². The summed E-state index contributed by atoms with van der Waals surface area (Å²) in [6.45, 7) is 3.05. The van der Waals surface area contributed by atoms with Gasteiger partial charge in [0.1, 0.15) is 5.75 Å². The van der Waals surface area contributed by atoms with Crippen LogP contribution in [0.3, 0.4) is 0 Å². The molecule has 0 saturated carbocycles. The number of aliphatic carboxylic acids is 1. The van der Waals surface area contributed by atoms with Crippen LogP contribution in [0.4, 0.5) is 8.78 Å². The molecule has 106 valence electrons. The van der Waals surface area contributed by atoms with Crippen LogP contribution >= 0.6 is 0 Å². The van der Waals surface area contributed by atoms with Gasteiger partial charge in [-0.25, -0.2) is 8.78 Å². The van der Waals surface area contributed by atoms with E-state index in [4.69, 9.17) is 9.84 Å². The molecule has 0 heterocycles. The van der Waals surface area contributed by atoms with Crippen LogP contribution in [0.5, 0.6) is 5.75 Å². The standard InChI is InChI=1S/C14H18F2O3/c1-13(2,8-12(17)18)9-14(15,16)10-4-6-11(19-3)7-5-10/h4-7H,8-9H2,1-3H3,(H,17,18). The summed E-state index contributed by atoms with van der Waals surface area (Å²) in [5.41, 5.74) is -1.11. The number of ether oxygens (including phenoxy) is 1. The smallest absolute Gasteiger partial charge is 0.303 e. The van der Waals surface area contributed by atoms with E-state index in [9.17, 15) is 13.6 Å². The third-order valence-electron chi connectivity index (χ3n) is 2.84. The maximum absolute atomic E-state index is 14.1. The molecule has 0 fully saturated rings. The molecule has 1 N–H and O–H groups in total. The van der Waals surface area contributed by atoms with Crippen molar-refractivity contribution in [3.05, 3.63) is 29.8 Å². The van der Waals surface area contributed by atoms with Gasteiger partial charge in [-0.2, -0.15) is 0 Å². The summed E-state index contributed by atoms with van der Waals surface area (Å²) in [5, 5.41) is 8.72. The van der Waals surface area contributed by atoms with Gasteiger partial charge in [0, 0.05) is 12.0 Å². The minimum absolute atomic E-state index is 0.133. The summed E-state index contributed by atoms with van der Waals surface area (Å²) < 4.78 is 33.1. The molecule has 0 radical (unpaired) electrons. The molecule has 0 spiro atoms. The van der Waals surface area contributed by atoms with E-state index in [1.54, 1.807) is 0 Å². The van der Waals surface area contributed by atoms with Gasteiger partial charge >= 0.3 is 5.97 Å². The molecule has 0 aliphatic heterocycles. The number of carboxylic acid groups (broad SMARTS) is 1. The van der Waals surface area contributed by atoms with E-state index < -0.39 is 23.7 Å². The molecule has 0 aromatic heterocycles. The van der Waals surface area contributed by atoms with Gasteiger partial charge in [0.2, 0.25) is 0 Å². The van der Waals surface area contributed by atoms with Gasteiger partial charge in [0.05, 0.1) is 13.5 Å². The fourth-order valence-electron chi connectivity index (χ4n) is 2.01. The zero-order valence-corrected chi connectivity index (χ0v) is 11.2. The molecule has 1 aromatic rings. The number of carboxylic acids is 1. The minimum atomic E-state index is -3.06. The van der Waals surface area contributed by atoms with Crippen LogP contribution in [0.25, 0.3) is 0 Å². The van der Waals surface area contributed by atoms with Gasteiger partial charge in [-0.1, -0.05) is 13.8 Å². The first kappa shape index (κ1) is 15.4. The van der Waals surface area contributed by atoms with E-state index in [1.165, 1.54) is 45.2 Å². The summed E-state index contributed by atoms with van der Waals surface area (Å²) in [6.07, 6.45) is -0.808. The third-order valence-corrected chi connectivity index (χ3v) is 2.84. The number of carbonyl (C=O) groups is 1. The Balaban J connectivity index is 2.87. The number of alkyl halides is 2. The fraction of sp³-hybridized carbons (Fsp3) is 0.500. The lowest BCUT2D eigenvalue weighted by atomic mass is 9.81. The van der Waals surface area contributed by atoms with Crippen molar-refractivity contribution < 1.29 is 23.4 Å². The molecule has 0 saturated heterocycles. The zero-order valence-electron chi connectivity index (χ0n) is 11.2. The lowest BCUT2D eigenvalue weighted by molar-refractivity contribution is -0.140. The summed E-state index contributed by atoms with van der Waals surface area (Å²) >= 11 is 0. The quantitative estimate of drug-likeness (QED) is 0.859. The summed E-state index contributed by atoms with van der Waals surface area (Å²) in [7, 11) is 1.46. The van der Waals surface area contributed by atoms with Crippen molar-refractivity contribution in [3.8, 4) is 5.75 Å². The minimum Gasteiger partial charge on any atom is -0.497 e. The van der Waals surface area contributed by atoms with Gasteiger partial charge in [-0.05, 0) is 29.7 Å². The van der Waals surface area contributed by atoms with Crippen molar-refractivity contribution >= 4 is 5.97 Å². The number of hydrogen-bond acceptors (Lipinski definition) is 2. The first-order valence-electron chi connectivity index (χ1n) is 5.90. The van der Waals surface area contributed by atoms with E-state index in [2.05, 4.69) is 0 Å². The Morgan fingerprint density at radius 3 is 2.21 bits per heavy atom. The van der Waals surface area contributed by atoms with Crippen LogP contribution in [0, 0.1) is 5.41 Å². The third kappa shape index (κ3) is 4.50. The fourth-order valence-corrected chi connectivity index (χ4v) is 2.01. The van der Waals surface area contributed by atoms with Crippen LogP contribution in [0.2, 0.25) is 0 Å². The largest absolute Gasteiger partial charge is 0.497 e.